The van der Waals surface area contributed by atoms with Crippen LogP contribution in [0.1, 0.15) is 106 Å². The molecule has 6 rings (SSSR count). The number of ether oxygens (including phenoxy) is 5. The molecule has 0 amide bonds. The first kappa shape index (κ1) is 46.2. The summed E-state index contributed by atoms with van der Waals surface area (Å²) >= 11 is 0. The van der Waals surface area contributed by atoms with E-state index in [-0.39, 0.29) is 48.9 Å². The topological polar surface area (TPSA) is 245 Å². The van der Waals surface area contributed by atoms with Gasteiger partial charge >= 0.3 is 5.97 Å². The van der Waals surface area contributed by atoms with Crippen LogP contribution in [0, 0.1) is 45.3 Å². The SMILES string of the molecule is CC(=O)OC1C(O)COC(OC2C(OC3CCC4(C)C(CC(O)C5(CO)C4CCC4C(C(C)(O)CCC=C(C)CO)CCC45C)C3(C)C)OC(CO)C(O)C2O)C1O. The van der Waals surface area contributed by atoms with Crippen LogP contribution in [0.5, 0.6) is 0 Å². The number of aliphatic hydroxyl groups excluding tert-OH is 8. The zero-order valence-electron chi connectivity index (χ0n) is 35.4. The maximum Gasteiger partial charge on any atom is 0.303 e. The van der Waals surface area contributed by atoms with E-state index in [2.05, 4.69) is 27.7 Å². The van der Waals surface area contributed by atoms with Crippen molar-refractivity contribution in [1.29, 1.82) is 0 Å². The largest absolute Gasteiger partial charge is 0.457 e. The summed E-state index contributed by atoms with van der Waals surface area (Å²) in [5, 5.41) is 99.2. The lowest BCUT2D eigenvalue weighted by Crippen LogP contribution is -2.71. The Bertz CT molecular complexity index is 1470. The normalized spacial score (nSPS) is 49.0. The molecule has 4 saturated carbocycles. The van der Waals surface area contributed by atoms with E-state index in [1.165, 1.54) is 0 Å². The molecule has 19 atom stereocenters. The average molecular weight is 829 g/mol. The monoisotopic (exact) mass is 828 g/mol. The third-order valence-electron chi connectivity index (χ3n) is 16.6. The number of esters is 1. The number of fused-ring (bicyclic) bond motifs is 5. The Labute approximate surface area is 342 Å². The smallest absolute Gasteiger partial charge is 0.303 e. The average Bonchev–Trinajstić information content (AvgIpc) is 3.53. The van der Waals surface area contributed by atoms with Gasteiger partial charge in [0.05, 0.1) is 44.2 Å². The molecule has 0 spiro atoms. The van der Waals surface area contributed by atoms with Gasteiger partial charge in [0.25, 0.3) is 0 Å². The molecule has 2 saturated heterocycles. The van der Waals surface area contributed by atoms with Crippen LogP contribution in [-0.4, -0.2) is 151 Å². The number of rotatable bonds is 12. The van der Waals surface area contributed by atoms with Crippen molar-refractivity contribution in [3.8, 4) is 0 Å². The molecule has 0 aromatic carbocycles. The number of hydrogen-bond donors (Lipinski definition) is 9. The van der Waals surface area contributed by atoms with Crippen molar-refractivity contribution in [2.24, 2.45) is 45.3 Å². The van der Waals surface area contributed by atoms with Crippen LogP contribution in [0.4, 0.5) is 0 Å². The molecule has 0 aromatic rings. The van der Waals surface area contributed by atoms with Crippen molar-refractivity contribution in [2.75, 3.05) is 26.4 Å². The number of allylic oxidation sites excluding steroid dienone is 1. The first-order valence-electron chi connectivity index (χ1n) is 21.5. The van der Waals surface area contributed by atoms with E-state index in [1.54, 1.807) is 0 Å². The van der Waals surface area contributed by atoms with Crippen molar-refractivity contribution >= 4 is 5.97 Å². The molecule has 15 heteroatoms. The van der Waals surface area contributed by atoms with Crippen LogP contribution in [0.25, 0.3) is 0 Å². The molecule has 334 valence electrons. The Morgan fingerprint density at radius 2 is 1.57 bits per heavy atom. The van der Waals surface area contributed by atoms with Gasteiger partial charge in [0, 0.05) is 12.3 Å². The second-order valence-corrected chi connectivity index (χ2v) is 20.0. The quantitative estimate of drug-likeness (QED) is 0.0765. The predicted octanol–water partition coefficient (Wildman–Crippen LogP) is 1.30. The van der Waals surface area contributed by atoms with Gasteiger partial charge in [-0.25, -0.2) is 0 Å². The minimum atomic E-state index is -1.66. The zero-order valence-corrected chi connectivity index (χ0v) is 35.4. The minimum Gasteiger partial charge on any atom is -0.457 e. The molecule has 0 bridgehead atoms. The van der Waals surface area contributed by atoms with E-state index in [0.29, 0.717) is 32.1 Å². The summed E-state index contributed by atoms with van der Waals surface area (Å²) < 4.78 is 29.5. The zero-order chi connectivity index (χ0) is 42.7. The lowest BCUT2D eigenvalue weighted by molar-refractivity contribution is -0.372. The third-order valence-corrected chi connectivity index (χ3v) is 16.6. The van der Waals surface area contributed by atoms with E-state index >= 15 is 0 Å². The van der Waals surface area contributed by atoms with Crippen LogP contribution in [0.3, 0.4) is 0 Å². The summed E-state index contributed by atoms with van der Waals surface area (Å²) in [4.78, 5) is 11.7. The lowest BCUT2D eigenvalue weighted by Gasteiger charge is -2.71. The molecule has 6 fully saturated rings. The van der Waals surface area contributed by atoms with Gasteiger partial charge < -0.3 is 69.6 Å². The fourth-order valence-electron chi connectivity index (χ4n) is 13.5. The number of aliphatic hydroxyl groups is 9. The van der Waals surface area contributed by atoms with E-state index in [4.69, 9.17) is 23.7 Å². The van der Waals surface area contributed by atoms with Crippen molar-refractivity contribution < 1.29 is 74.4 Å². The van der Waals surface area contributed by atoms with E-state index in [0.717, 1.165) is 38.2 Å². The van der Waals surface area contributed by atoms with Crippen LogP contribution < -0.4 is 0 Å². The number of hydrogen-bond acceptors (Lipinski definition) is 15. The third kappa shape index (κ3) is 7.64. The van der Waals surface area contributed by atoms with Gasteiger partial charge in [-0.1, -0.05) is 39.3 Å². The van der Waals surface area contributed by atoms with Gasteiger partial charge in [0.2, 0.25) is 0 Å². The van der Waals surface area contributed by atoms with Gasteiger partial charge in [0.1, 0.15) is 36.6 Å². The molecule has 0 radical (unpaired) electrons. The first-order chi connectivity index (χ1) is 27.1. The van der Waals surface area contributed by atoms with Crippen LogP contribution >= 0.6 is 0 Å². The summed E-state index contributed by atoms with van der Waals surface area (Å²) in [6.45, 7) is 12.5. The molecule has 2 aliphatic heterocycles. The molecular formula is C43H72O15. The Morgan fingerprint density at radius 1 is 0.862 bits per heavy atom. The number of carbonyl (C=O) groups excluding carboxylic acids is 1. The molecule has 9 N–H and O–H groups in total. The highest BCUT2D eigenvalue weighted by molar-refractivity contribution is 5.66. The molecule has 4 aliphatic carbocycles. The molecule has 6 aliphatic rings. The molecule has 0 aromatic heterocycles. The van der Waals surface area contributed by atoms with Gasteiger partial charge in [-0.15, -0.1) is 0 Å². The fraction of sp³-hybridized carbons (Fsp3) is 0.930. The van der Waals surface area contributed by atoms with E-state index in [9.17, 15) is 50.8 Å². The second-order valence-electron chi connectivity index (χ2n) is 20.0. The lowest BCUT2D eigenvalue weighted by atomic mass is 9.34. The highest BCUT2D eigenvalue weighted by Crippen LogP contribution is 2.76. The van der Waals surface area contributed by atoms with Gasteiger partial charge in [-0.2, -0.15) is 0 Å². The van der Waals surface area contributed by atoms with Crippen LogP contribution in [-0.2, 0) is 28.5 Å². The van der Waals surface area contributed by atoms with Crippen LogP contribution in [0.15, 0.2) is 11.6 Å². The maximum atomic E-state index is 12.5. The highest BCUT2D eigenvalue weighted by Gasteiger charge is 2.74. The molecule has 2 heterocycles. The van der Waals surface area contributed by atoms with Crippen LogP contribution in [0.2, 0.25) is 0 Å². The Hall–Kier alpha value is -1.31. The van der Waals surface area contributed by atoms with Crippen molar-refractivity contribution in [1.82, 2.24) is 0 Å². The van der Waals surface area contributed by atoms with Crippen molar-refractivity contribution in [2.45, 2.75) is 179 Å². The Morgan fingerprint density at radius 3 is 2.21 bits per heavy atom. The molecular weight excluding hydrogens is 756 g/mol. The van der Waals surface area contributed by atoms with Gasteiger partial charge in [-0.3, -0.25) is 4.79 Å². The summed E-state index contributed by atoms with van der Waals surface area (Å²) in [5.41, 5.74) is -2.21. The second kappa shape index (κ2) is 17.1. The van der Waals surface area contributed by atoms with Crippen molar-refractivity contribution in [3.63, 3.8) is 0 Å². The maximum absolute atomic E-state index is 12.5. The van der Waals surface area contributed by atoms with E-state index in [1.807, 2.05) is 19.9 Å². The van der Waals surface area contributed by atoms with Gasteiger partial charge in [0.15, 0.2) is 18.7 Å². The summed E-state index contributed by atoms with van der Waals surface area (Å²) in [6, 6.07) is 0. The van der Waals surface area contributed by atoms with Gasteiger partial charge in [-0.05, 0) is 112 Å². The summed E-state index contributed by atoms with van der Waals surface area (Å²) in [7, 11) is 0. The molecule has 15 nitrogen and oxygen atoms in total. The first-order valence-corrected chi connectivity index (χ1v) is 21.5. The van der Waals surface area contributed by atoms with Crippen molar-refractivity contribution in [3.05, 3.63) is 11.6 Å². The molecule has 19 unspecified atom stereocenters. The Kier molecular flexibility index (Phi) is 13.6. The minimum absolute atomic E-state index is 0.00280. The highest BCUT2D eigenvalue weighted by atomic mass is 16.8. The number of carbonyl (C=O) groups is 1. The Balaban J connectivity index is 1.23. The standard InChI is InChI=1S/C43H72O15/c1-22(18-44)9-8-14-42(7,53)25-12-16-41(6)24(25)10-11-28-40(5)15-13-31(39(3,4)29(40)17-30(49)43(28,41)21-46)57-38-36(33(51)32(50)27(19-45)56-38)58-37-34(52)35(55-23(2)47)26(48)20-54-37/h9,24-38,44-46,48-53H,8,10-21H2,1-7H3. The molecule has 58 heavy (non-hydrogen) atoms. The predicted molar refractivity (Wildman–Crippen MR) is 207 cm³/mol. The summed E-state index contributed by atoms with van der Waals surface area (Å²) in [5.74, 6) is -0.732. The fourth-order valence-corrected chi connectivity index (χ4v) is 13.5. The van der Waals surface area contributed by atoms with E-state index < -0.39 is 102 Å². The summed E-state index contributed by atoms with van der Waals surface area (Å²) in [6.07, 6.45) is -6.41.